The van der Waals surface area contributed by atoms with Crippen LogP contribution in [0.1, 0.15) is 49.4 Å². The fourth-order valence-corrected chi connectivity index (χ4v) is 2.24. The van der Waals surface area contributed by atoms with E-state index in [1.807, 2.05) is 0 Å². The number of ether oxygens (including phenoxy) is 1. The number of hydrogen-bond donors (Lipinski definition) is 1. The molecule has 1 aliphatic carbocycles. The summed E-state index contributed by atoms with van der Waals surface area (Å²) in [5, 5.41) is 0. The summed E-state index contributed by atoms with van der Waals surface area (Å²) >= 11 is 0. The lowest BCUT2D eigenvalue weighted by molar-refractivity contribution is 0.0924. The van der Waals surface area contributed by atoms with Crippen LogP contribution in [0.2, 0.25) is 0 Å². The number of anilines is 1. The second-order valence-electron chi connectivity index (χ2n) is 4.23. The summed E-state index contributed by atoms with van der Waals surface area (Å²) in [5.41, 5.74) is 8.27. The molecule has 1 atom stereocenters. The normalized spacial score (nSPS) is 16.9. The van der Waals surface area contributed by atoms with Gasteiger partial charge in [-0.25, -0.2) is 9.97 Å². The Morgan fingerprint density at radius 1 is 1.31 bits per heavy atom. The third kappa shape index (κ3) is 2.02. The van der Waals surface area contributed by atoms with Gasteiger partial charge in [0.1, 0.15) is 11.9 Å². The van der Waals surface area contributed by atoms with Crippen molar-refractivity contribution in [3.63, 3.8) is 0 Å². The molecule has 0 aromatic carbocycles. The van der Waals surface area contributed by atoms with E-state index in [0.717, 1.165) is 36.3 Å². The Kier molecular flexibility index (Phi) is 3.39. The van der Waals surface area contributed by atoms with Crippen LogP contribution < -0.4 is 5.73 Å². The highest BCUT2D eigenvalue weighted by Gasteiger charge is 2.19. The summed E-state index contributed by atoms with van der Waals surface area (Å²) in [7, 11) is 1.69. The molecular formula is C12H19N3O. The van der Waals surface area contributed by atoms with Crippen LogP contribution in [-0.2, 0) is 17.6 Å². The highest BCUT2D eigenvalue weighted by Crippen LogP contribution is 2.26. The molecule has 16 heavy (non-hydrogen) atoms. The number of rotatable bonds is 3. The van der Waals surface area contributed by atoms with Crippen LogP contribution in [0.25, 0.3) is 0 Å². The van der Waals surface area contributed by atoms with Gasteiger partial charge in [0.15, 0.2) is 5.82 Å². The smallest absolute Gasteiger partial charge is 0.159 e. The van der Waals surface area contributed by atoms with Crippen LogP contribution in [0.4, 0.5) is 5.82 Å². The summed E-state index contributed by atoms with van der Waals surface area (Å²) in [6.07, 6.45) is 5.28. The Hall–Kier alpha value is -1.16. The summed E-state index contributed by atoms with van der Waals surface area (Å²) in [5.74, 6) is 1.39. The number of fused-ring (bicyclic) bond motifs is 1. The van der Waals surface area contributed by atoms with Gasteiger partial charge in [-0.05, 0) is 32.1 Å². The average Bonchev–Trinajstić information content (AvgIpc) is 2.31. The Labute approximate surface area is 96.2 Å². The highest BCUT2D eigenvalue weighted by atomic mass is 16.5. The van der Waals surface area contributed by atoms with E-state index in [2.05, 4.69) is 16.9 Å². The molecule has 2 rings (SSSR count). The topological polar surface area (TPSA) is 61.0 Å². The van der Waals surface area contributed by atoms with Gasteiger partial charge in [-0.15, -0.1) is 0 Å². The molecule has 0 amide bonds. The molecule has 2 N–H and O–H groups in total. The number of aryl methyl sites for hydroxylation is 1. The SMILES string of the molecule is CCC(OC)c1nc(N)c2c(n1)CCCC2. The molecule has 1 aliphatic rings. The number of nitrogens with zero attached hydrogens (tertiary/aromatic N) is 2. The van der Waals surface area contributed by atoms with Crippen LogP contribution in [-0.4, -0.2) is 17.1 Å². The molecule has 4 nitrogen and oxygen atoms in total. The van der Waals surface area contributed by atoms with Gasteiger partial charge >= 0.3 is 0 Å². The first-order chi connectivity index (χ1) is 7.76. The maximum absolute atomic E-state index is 5.98. The Morgan fingerprint density at radius 3 is 2.75 bits per heavy atom. The monoisotopic (exact) mass is 221 g/mol. The standard InChI is InChI=1S/C12H19N3O/c1-3-10(16-2)12-14-9-7-5-4-6-8(9)11(13)15-12/h10H,3-7H2,1-2H3,(H2,13,14,15). The first-order valence-corrected chi connectivity index (χ1v) is 5.94. The third-order valence-corrected chi connectivity index (χ3v) is 3.18. The van der Waals surface area contributed by atoms with Crippen LogP contribution >= 0.6 is 0 Å². The fourth-order valence-electron chi connectivity index (χ4n) is 2.24. The lowest BCUT2D eigenvalue weighted by atomic mass is 9.96. The van der Waals surface area contributed by atoms with Crippen molar-refractivity contribution in [2.45, 2.75) is 45.1 Å². The van der Waals surface area contributed by atoms with Crippen LogP contribution in [0, 0.1) is 0 Å². The Balaban J connectivity index is 2.38. The molecule has 4 heteroatoms. The fraction of sp³-hybridized carbons (Fsp3) is 0.667. The zero-order valence-corrected chi connectivity index (χ0v) is 9.99. The molecule has 1 heterocycles. The molecule has 0 aliphatic heterocycles. The van der Waals surface area contributed by atoms with E-state index in [4.69, 9.17) is 10.5 Å². The molecule has 0 fully saturated rings. The minimum absolute atomic E-state index is 0.0328. The van der Waals surface area contributed by atoms with E-state index in [1.165, 1.54) is 12.8 Å². The summed E-state index contributed by atoms with van der Waals surface area (Å²) in [6, 6.07) is 0. The second-order valence-corrected chi connectivity index (χ2v) is 4.23. The Bertz CT molecular complexity index is 375. The van der Waals surface area contributed by atoms with E-state index >= 15 is 0 Å². The van der Waals surface area contributed by atoms with Crippen molar-refractivity contribution in [3.05, 3.63) is 17.1 Å². The molecule has 1 aromatic rings. The molecular weight excluding hydrogens is 202 g/mol. The summed E-state index contributed by atoms with van der Waals surface area (Å²) < 4.78 is 5.35. The minimum atomic E-state index is -0.0328. The largest absolute Gasteiger partial charge is 0.383 e. The molecule has 0 radical (unpaired) electrons. The van der Waals surface area contributed by atoms with Gasteiger partial charge in [0, 0.05) is 18.4 Å². The molecule has 1 unspecified atom stereocenters. The second kappa shape index (κ2) is 4.78. The van der Waals surface area contributed by atoms with Gasteiger partial charge in [-0.2, -0.15) is 0 Å². The molecule has 0 bridgehead atoms. The van der Waals surface area contributed by atoms with Gasteiger partial charge in [-0.1, -0.05) is 6.92 Å². The van der Waals surface area contributed by atoms with Crippen molar-refractivity contribution in [2.24, 2.45) is 0 Å². The van der Waals surface area contributed by atoms with Gasteiger partial charge in [0.25, 0.3) is 0 Å². The lowest BCUT2D eigenvalue weighted by Crippen LogP contribution is -2.15. The number of nitrogen functional groups attached to an aromatic ring is 1. The molecule has 1 aromatic heterocycles. The van der Waals surface area contributed by atoms with Crippen molar-refractivity contribution in [3.8, 4) is 0 Å². The van der Waals surface area contributed by atoms with Crippen LogP contribution in [0.5, 0.6) is 0 Å². The zero-order valence-electron chi connectivity index (χ0n) is 9.99. The predicted octanol–water partition coefficient (Wildman–Crippen LogP) is 2.04. The van der Waals surface area contributed by atoms with Crippen molar-refractivity contribution in [1.29, 1.82) is 0 Å². The predicted molar refractivity (Wildman–Crippen MR) is 63.1 cm³/mol. The summed E-state index contributed by atoms with van der Waals surface area (Å²) in [4.78, 5) is 8.97. The van der Waals surface area contributed by atoms with E-state index in [0.29, 0.717) is 5.82 Å². The summed E-state index contributed by atoms with van der Waals surface area (Å²) in [6.45, 7) is 2.06. The number of hydrogen-bond acceptors (Lipinski definition) is 4. The van der Waals surface area contributed by atoms with Gasteiger partial charge in [-0.3, -0.25) is 0 Å². The molecule has 0 saturated carbocycles. The average molecular weight is 221 g/mol. The van der Waals surface area contributed by atoms with E-state index in [-0.39, 0.29) is 6.10 Å². The lowest BCUT2D eigenvalue weighted by Gasteiger charge is -2.19. The van der Waals surface area contributed by atoms with Crippen molar-refractivity contribution < 1.29 is 4.74 Å². The molecule has 0 saturated heterocycles. The first kappa shape index (κ1) is 11.3. The third-order valence-electron chi connectivity index (χ3n) is 3.18. The highest BCUT2D eigenvalue weighted by molar-refractivity contribution is 5.43. The van der Waals surface area contributed by atoms with Crippen molar-refractivity contribution >= 4 is 5.82 Å². The quantitative estimate of drug-likeness (QED) is 0.848. The van der Waals surface area contributed by atoms with E-state index in [1.54, 1.807) is 7.11 Å². The van der Waals surface area contributed by atoms with Crippen molar-refractivity contribution in [2.75, 3.05) is 12.8 Å². The molecule has 88 valence electrons. The van der Waals surface area contributed by atoms with Gasteiger partial charge in [0.2, 0.25) is 0 Å². The van der Waals surface area contributed by atoms with E-state index in [9.17, 15) is 0 Å². The minimum Gasteiger partial charge on any atom is -0.383 e. The van der Waals surface area contributed by atoms with Crippen LogP contribution in [0.3, 0.4) is 0 Å². The van der Waals surface area contributed by atoms with Crippen molar-refractivity contribution in [1.82, 2.24) is 9.97 Å². The number of methoxy groups -OCH3 is 1. The zero-order chi connectivity index (χ0) is 11.5. The van der Waals surface area contributed by atoms with Gasteiger partial charge < -0.3 is 10.5 Å². The van der Waals surface area contributed by atoms with Gasteiger partial charge in [0.05, 0.1) is 0 Å². The Morgan fingerprint density at radius 2 is 2.06 bits per heavy atom. The van der Waals surface area contributed by atoms with E-state index < -0.39 is 0 Å². The maximum Gasteiger partial charge on any atom is 0.159 e. The van der Waals surface area contributed by atoms with Crippen LogP contribution in [0.15, 0.2) is 0 Å². The number of nitrogens with two attached hydrogens (primary N) is 1. The maximum atomic E-state index is 5.98. The molecule has 0 spiro atoms. The number of aromatic nitrogens is 2. The first-order valence-electron chi connectivity index (χ1n) is 5.94.